The van der Waals surface area contributed by atoms with Crippen molar-refractivity contribution in [3.8, 4) is 0 Å². The molecule has 1 aromatic rings. The maximum Gasteiger partial charge on any atom is 0.261 e. The lowest BCUT2D eigenvalue weighted by Crippen LogP contribution is -2.33. The molecule has 2 N–H and O–H groups in total. The van der Waals surface area contributed by atoms with E-state index < -0.39 is 0 Å². The largest absolute Gasteiger partial charge is 0.382 e. The molecule has 4 amide bonds. The summed E-state index contributed by atoms with van der Waals surface area (Å²) < 4.78 is 86.7. The lowest BCUT2D eigenvalue weighted by Gasteiger charge is -2.13. The fourth-order valence-electron chi connectivity index (χ4n) is 5.72. The molecule has 0 saturated carbocycles. The van der Waals surface area contributed by atoms with E-state index in [4.69, 9.17) is 75.8 Å². The van der Waals surface area contributed by atoms with Gasteiger partial charge < -0.3 is 86.4 Å². The van der Waals surface area contributed by atoms with Gasteiger partial charge in [0, 0.05) is 33.0 Å². The number of carbonyl (C=O) groups is 4. The molecule has 0 saturated heterocycles. The third kappa shape index (κ3) is 36.6. The molecule has 23 heteroatoms. The Hall–Kier alpha value is -3.34. The highest BCUT2D eigenvalue weighted by atomic mass is 16.6. The summed E-state index contributed by atoms with van der Waals surface area (Å²) in [5.41, 5.74) is 0.844. The Morgan fingerprint density at radius 2 is 0.600 bits per heavy atom. The number of amides is 4. The van der Waals surface area contributed by atoms with Gasteiger partial charge in [0.05, 0.1) is 222 Å². The maximum absolute atomic E-state index is 12.3. The lowest BCUT2D eigenvalue weighted by atomic mass is 10.1. The molecule has 1 aliphatic heterocycles. The number of ether oxygens (including phenoxy) is 16. The second-order valence-electron chi connectivity index (χ2n) is 14.7. The number of imide groups is 1. The molecule has 2 rings (SSSR count). The Labute approximate surface area is 413 Å². The van der Waals surface area contributed by atoms with Crippen LogP contribution in [0.4, 0.5) is 0 Å². The van der Waals surface area contributed by atoms with Crippen LogP contribution in [0.3, 0.4) is 0 Å². The number of fused-ring (bicyclic) bond motifs is 1. The smallest absolute Gasteiger partial charge is 0.261 e. The number of carbonyl (C=O) groups excluding carboxylic acids is 4. The number of hydrogen-bond donors (Lipinski definition) is 2. The van der Waals surface area contributed by atoms with E-state index in [2.05, 4.69) is 10.6 Å². The van der Waals surface area contributed by atoms with Crippen molar-refractivity contribution in [1.82, 2.24) is 15.5 Å². The number of nitrogens with one attached hydrogen (secondary N) is 2. The molecule has 0 bridgehead atoms. The molecular formula is C47H81N3O20. The van der Waals surface area contributed by atoms with Crippen LogP contribution in [0.5, 0.6) is 0 Å². The van der Waals surface area contributed by atoms with E-state index in [-0.39, 0.29) is 69.4 Å². The van der Waals surface area contributed by atoms with Crippen molar-refractivity contribution in [3.63, 3.8) is 0 Å². The van der Waals surface area contributed by atoms with Crippen LogP contribution >= 0.6 is 0 Å². The summed E-state index contributed by atoms with van der Waals surface area (Å²) in [7, 11) is 1.64. The van der Waals surface area contributed by atoms with Crippen molar-refractivity contribution in [2.45, 2.75) is 12.8 Å². The van der Waals surface area contributed by atoms with Gasteiger partial charge in [0.2, 0.25) is 11.8 Å². The molecule has 23 nitrogen and oxygen atoms in total. The van der Waals surface area contributed by atoms with Crippen molar-refractivity contribution in [2.75, 3.05) is 232 Å². The van der Waals surface area contributed by atoms with Crippen LogP contribution in [0.2, 0.25) is 0 Å². The monoisotopic (exact) mass is 1010 g/mol. The third-order valence-electron chi connectivity index (χ3n) is 9.32. The first-order valence-corrected chi connectivity index (χ1v) is 24.2. The number of hydrogen-bond acceptors (Lipinski definition) is 20. The normalized spacial score (nSPS) is 12.3. The molecule has 0 atom stereocenters. The van der Waals surface area contributed by atoms with Crippen molar-refractivity contribution in [2.24, 2.45) is 0 Å². The van der Waals surface area contributed by atoms with Crippen molar-refractivity contribution < 1.29 is 95.0 Å². The SMILES string of the molecule is COCCOCCOCCOCCOCCOCCOCCOCCOCCOCCOCCNC(=O)CCOCCNC(=O)CCOCCOCCOCCOCCN1C(=O)c2ccccc2C1=O. The van der Waals surface area contributed by atoms with Gasteiger partial charge in [0.15, 0.2) is 0 Å². The number of methoxy groups -OCH3 is 1. The fourth-order valence-corrected chi connectivity index (χ4v) is 5.72. The third-order valence-corrected chi connectivity index (χ3v) is 9.32. The average Bonchev–Trinajstić information content (AvgIpc) is 3.61. The van der Waals surface area contributed by atoms with Crippen LogP contribution in [0.1, 0.15) is 33.6 Å². The topological polar surface area (TPSA) is 243 Å². The van der Waals surface area contributed by atoms with Crippen LogP contribution in [0.25, 0.3) is 0 Å². The first-order chi connectivity index (χ1) is 34.5. The van der Waals surface area contributed by atoms with E-state index in [1.807, 2.05) is 0 Å². The second kappa shape index (κ2) is 48.0. The highest BCUT2D eigenvalue weighted by molar-refractivity contribution is 6.21. The van der Waals surface area contributed by atoms with Crippen LogP contribution < -0.4 is 10.6 Å². The highest BCUT2D eigenvalue weighted by Crippen LogP contribution is 2.21. The lowest BCUT2D eigenvalue weighted by molar-refractivity contribution is -0.124. The molecule has 0 spiro atoms. The highest BCUT2D eigenvalue weighted by Gasteiger charge is 2.34. The molecule has 1 aliphatic rings. The molecule has 1 aromatic carbocycles. The van der Waals surface area contributed by atoms with Gasteiger partial charge in [-0.15, -0.1) is 0 Å². The van der Waals surface area contributed by atoms with E-state index in [9.17, 15) is 19.2 Å². The molecular weight excluding hydrogens is 927 g/mol. The summed E-state index contributed by atoms with van der Waals surface area (Å²) in [4.78, 5) is 49.9. The Balaban J connectivity index is 1.16. The van der Waals surface area contributed by atoms with Crippen LogP contribution in [0, 0.1) is 0 Å². The summed E-state index contributed by atoms with van der Waals surface area (Å²) in [6.07, 6.45) is 0.407. The molecule has 404 valence electrons. The van der Waals surface area contributed by atoms with Crippen molar-refractivity contribution >= 4 is 23.6 Å². The Kier molecular flexibility index (Phi) is 43.0. The zero-order chi connectivity index (χ0) is 50.1. The van der Waals surface area contributed by atoms with Gasteiger partial charge in [-0.25, -0.2) is 0 Å². The molecule has 0 unspecified atom stereocenters. The standard InChI is InChI=1S/C47H81N3O20/c1-55-16-17-60-24-25-64-30-31-66-34-35-68-38-39-70-41-40-69-37-36-67-33-32-65-29-27-62-22-19-58-14-9-49-44(51)6-11-56-13-8-48-45(52)7-12-57-18-21-61-26-28-63-23-20-59-15-10-50-46(53)42-4-2-3-5-43(42)47(50)54/h2-5H,6-41H2,1H3,(H,48,52)(H,49,51). The van der Waals surface area contributed by atoms with Gasteiger partial charge in [-0.3, -0.25) is 24.1 Å². The minimum atomic E-state index is -0.299. The Morgan fingerprint density at radius 3 is 0.900 bits per heavy atom. The van der Waals surface area contributed by atoms with E-state index >= 15 is 0 Å². The van der Waals surface area contributed by atoms with Gasteiger partial charge in [0.1, 0.15) is 0 Å². The summed E-state index contributed by atoms with van der Waals surface area (Å²) in [5.74, 6) is -0.908. The van der Waals surface area contributed by atoms with Crippen molar-refractivity contribution in [1.29, 1.82) is 0 Å². The van der Waals surface area contributed by atoms with Crippen LogP contribution in [-0.2, 0) is 85.4 Å². The van der Waals surface area contributed by atoms with Crippen LogP contribution in [0.15, 0.2) is 24.3 Å². The number of benzene rings is 1. The molecule has 70 heavy (non-hydrogen) atoms. The fraction of sp³-hybridized carbons (Fsp3) is 0.787. The van der Waals surface area contributed by atoms with Crippen molar-refractivity contribution in [3.05, 3.63) is 35.4 Å². The summed E-state index contributed by atoms with van der Waals surface area (Å²) >= 11 is 0. The summed E-state index contributed by atoms with van der Waals surface area (Å²) in [5, 5.41) is 5.52. The quantitative estimate of drug-likeness (QED) is 0.0654. The average molecular weight is 1010 g/mol. The number of nitrogens with zero attached hydrogens (tertiary/aromatic N) is 1. The van der Waals surface area contributed by atoms with Gasteiger partial charge in [-0.05, 0) is 12.1 Å². The van der Waals surface area contributed by atoms with E-state index in [0.717, 1.165) is 0 Å². The van der Waals surface area contributed by atoms with Gasteiger partial charge in [-0.2, -0.15) is 0 Å². The zero-order valence-corrected chi connectivity index (χ0v) is 41.4. The summed E-state index contributed by atoms with van der Waals surface area (Å²) in [6.45, 7) is 14.2. The van der Waals surface area contributed by atoms with E-state index in [1.54, 1.807) is 31.4 Å². The zero-order valence-electron chi connectivity index (χ0n) is 41.4. The minimum absolute atomic E-state index is 0.149. The molecule has 0 fully saturated rings. The Morgan fingerprint density at radius 1 is 0.357 bits per heavy atom. The summed E-state index contributed by atoms with van der Waals surface area (Å²) in [6, 6.07) is 6.76. The van der Waals surface area contributed by atoms with Gasteiger partial charge in [-0.1, -0.05) is 12.1 Å². The predicted octanol–water partition coefficient (Wildman–Crippen LogP) is 0.191. The molecule has 0 radical (unpaired) electrons. The first-order valence-electron chi connectivity index (χ1n) is 24.2. The first kappa shape index (κ1) is 62.8. The van der Waals surface area contributed by atoms with Gasteiger partial charge >= 0.3 is 0 Å². The molecule has 0 aromatic heterocycles. The minimum Gasteiger partial charge on any atom is -0.382 e. The number of rotatable bonds is 54. The Bertz CT molecular complexity index is 1380. The van der Waals surface area contributed by atoms with E-state index in [0.29, 0.717) is 203 Å². The predicted molar refractivity (Wildman–Crippen MR) is 251 cm³/mol. The molecule has 1 heterocycles. The van der Waals surface area contributed by atoms with Gasteiger partial charge in [0.25, 0.3) is 11.8 Å². The molecule has 0 aliphatic carbocycles. The second-order valence-corrected chi connectivity index (χ2v) is 14.7. The van der Waals surface area contributed by atoms with Crippen LogP contribution in [-0.4, -0.2) is 260 Å². The maximum atomic E-state index is 12.3. The van der Waals surface area contributed by atoms with E-state index in [1.165, 1.54) is 4.90 Å².